The molecular weight excluding hydrogens is 120 g/mol. The third-order valence-electron chi connectivity index (χ3n) is 1.12. The first-order valence-electron chi connectivity index (χ1n) is 2.60. The first kappa shape index (κ1) is 6.10. The second-order valence-corrected chi connectivity index (χ2v) is 1.75. The van der Waals surface area contributed by atoms with Gasteiger partial charge in [0, 0.05) is 19.7 Å². The summed E-state index contributed by atoms with van der Waals surface area (Å²) in [5.41, 5.74) is 5.60. The summed E-state index contributed by atoms with van der Waals surface area (Å²) >= 11 is 0. The van der Waals surface area contributed by atoms with E-state index >= 15 is 0 Å². The molecule has 0 atom stereocenters. The molecule has 50 valence electrons. The Morgan fingerprint density at radius 3 is 2.78 bits per heavy atom. The summed E-state index contributed by atoms with van der Waals surface area (Å²) in [4.78, 5) is 10.4. The minimum Gasteiger partial charge on any atom is -0.336 e. The van der Waals surface area contributed by atoms with Crippen LogP contribution in [0, 0.1) is 0 Å². The summed E-state index contributed by atoms with van der Waals surface area (Å²) in [6, 6.07) is 1.38. The van der Waals surface area contributed by atoms with Crippen LogP contribution in [0.15, 0.2) is 15.4 Å². The summed E-state index contributed by atoms with van der Waals surface area (Å²) in [7, 11) is 1.64. The van der Waals surface area contributed by atoms with Crippen LogP contribution in [0.3, 0.4) is 0 Å². The molecule has 0 radical (unpaired) electrons. The molecule has 0 aliphatic carbocycles. The molecule has 1 aromatic rings. The molecule has 0 amide bonds. The van der Waals surface area contributed by atoms with Crippen molar-refractivity contribution in [1.29, 1.82) is 0 Å². The Bertz CT molecular complexity index is 248. The Morgan fingerprint density at radius 2 is 2.56 bits per heavy atom. The number of aryl methyl sites for hydroxylation is 1. The SMILES string of the molecule is Cn1oc(=O)cc1CN. The first-order valence-corrected chi connectivity index (χ1v) is 2.60. The van der Waals surface area contributed by atoms with E-state index in [4.69, 9.17) is 5.73 Å². The fraction of sp³-hybridized carbons (Fsp3) is 0.400. The van der Waals surface area contributed by atoms with Crippen LogP contribution in [0.4, 0.5) is 0 Å². The average molecular weight is 128 g/mol. The molecule has 0 fully saturated rings. The van der Waals surface area contributed by atoms with Gasteiger partial charge in [-0.15, -0.1) is 0 Å². The third kappa shape index (κ3) is 1.02. The molecule has 4 nitrogen and oxygen atoms in total. The summed E-state index contributed by atoms with van der Waals surface area (Å²) in [6.07, 6.45) is 0. The first-order chi connectivity index (χ1) is 4.24. The van der Waals surface area contributed by atoms with Crippen molar-refractivity contribution in [2.45, 2.75) is 6.54 Å². The van der Waals surface area contributed by atoms with Crippen molar-refractivity contribution in [3.8, 4) is 0 Å². The van der Waals surface area contributed by atoms with Gasteiger partial charge in [0.1, 0.15) is 0 Å². The van der Waals surface area contributed by atoms with Crippen LogP contribution in [0.25, 0.3) is 0 Å². The molecule has 0 aliphatic rings. The van der Waals surface area contributed by atoms with Crippen molar-refractivity contribution in [1.82, 2.24) is 4.74 Å². The number of hydrogen-bond donors (Lipinski definition) is 1. The quantitative estimate of drug-likeness (QED) is 0.551. The van der Waals surface area contributed by atoms with E-state index in [1.165, 1.54) is 10.8 Å². The fourth-order valence-corrected chi connectivity index (χ4v) is 0.634. The predicted octanol–water partition coefficient (Wildman–Crippen LogP) is -0.563. The van der Waals surface area contributed by atoms with Gasteiger partial charge in [-0.3, -0.25) is 0 Å². The van der Waals surface area contributed by atoms with Gasteiger partial charge in [0.2, 0.25) is 0 Å². The van der Waals surface area contributed by atoms with Crippen molar-refractivity contribution >= 4 is 0 Å². The fourth-order valence-electron chi connectivity index (χ4n) is 0.634. The van der Waals surface area contributed by atoms with E-state index < -0.39 is 0 Å². The van der Waals surface area contributed by atoms with Crippen LogP contribution in [0.5, 0.6) is 0 Å². The molecular formula is C5H8N2O2. The number of aromatic nitrogens is 1. The Labute approximate surface area is 51.8 Å². The highest BCUT2D eigenvalue weighted by Crippen LogP contribution is 1.90. The summed E-state index contributed by atoms with van der Waals surface area (Å²) < 4.78 is 5.95. The lowest BCUT2D eigenvalue weighted by molar-refractivity contribution is 0.277. The zero-order chi connectivity index (χ0) is 6.85. The standard InChI is InChI=1S/C5H8N2O2/c1-7-4(3-6)2-5(8)9-7/h2H,3,6H2,1H3. The second-order valence-electron chi connectivity index (χ2n) is 1.75. The van der Waals surface area contributed by atoms with Gasteiger partial charge in [0.25, 0.3) is 0 Å². The zero-order valence-corrected chi connectivity index (χ0v) is 5.13. The number of hydrogen-bond acceptors (Lipinski definition) is 3. The minimum absolute atomic E-state index is 0.336. The Kier molecular flexibility index (Phi) is 1.40. The van der Waals surface area contributed by atoms with E-state index in [2.05, 4.69) is 4.52 Å². The van der Waals surface area contributed by atoms with E-state index in [0.29, 0.717) is 12.2 Å². The smallest absolute Gasteiger partial charge is 0.336 e. The minimum atomic E-state index is -0.349. The predicted molar refractivity (Wildman–Crippen MR) is 31.8 cm³/mol. The molecule has 0 aromatic carbocycles. The normalized spacial score (nSPS) is 10.0. The van der Waals surface area contributed by atoms with Crippen molar-refractivity contribution in [2.24, 2.45) is 12.8 Å². The average Bonchev–Trinajstić information content (AvgIpc) is 2.10. The number of nitrogens with zero attached hydrogens (tertiary/aromatic N) is 1. The van der Waals surface area contributed by atoms with E-state index in [-0.39, 0.29) is 5.63 Å². The Hall–Kier alpha value is -1.03. The Morgan fingerprint density at radius 1 is 1.89 bits per heavy atom. The molecule has 1 heterocycles. The van der Waals surface area contributed by atoms with Gasteiger partial charge in [0.15, 0.2) is 0 Å². The van der Waals surface area contributed by atoms with Crippen LogP contribution < -0.4 is 11.4 Å². The molecule has 1 rings (SSSR count). The van der Waals surface area contributed by atoms with Crippen LogP contribution in [-0.2, 0) is 13.6 Å². The summed E-state index contributed by atoms with van der Waals surface area (Å²) in [5, 5.41) is 0. The van der Waals surface area contributed by atoms with Gasteiger partial charge in [-0.25, -0.2) is 9.53 Å². The molecule has 0 saturated heterocycles. The van der Waals surface area contributed by atoms with E-state index in [0.717, 1.165) is 0 Å². The molecule has 0 bridgehead atoms. The summed E-state index contributed by atoms with van der Waals surface area (Å²) in [5.74, 6) is 0. The van der Waals surface area contributed by atoms with Crippen molar-refractivity contribution < 1.29 is 4.52 Å². The third-order valence-corrected chi connectivity index (χ3v) is 1.12. The molecule has 0 saturated carbocycles. The Balaban J connectivity index is 3.16. The van der Waals surface area contributed by atoms with Crippen LogP contribution in [0.1, 0.15) is 5.69 Å². The zero-order valence-electron chi connectivity index (χ0n) is 5.13. The molecule has 4 heteroatoms. The molecule has 1 aromatic heterocycles. The van der Waals surface area contributed by atoms with Crippen LogP contribution in [0.2, 0.25) is 0 Å². The lowest BCUT2D eigenvalue weighted by Crippen LogP contribution is -2.01. The van der Waals surface area contributed by atoms with E-state index in [9.17, 15) is 4.79 Å². The molecule has 0 spiro atoms. The van der Waals surface area contributed by atoms with E-state index in [1.807, 2.05) is 0 Å². The molecule has 9 heavy (non-hydrogen) atoms. The lowest BCUT2D eigenvalue weighted by atomic mass is 10.4. The largest absolute Gasteiger partial charge is 0.357 e. The highest BCUT2D eigenvalue weighted by atomic mass is 16.5. The molecule has 2 N–H and O–H groups in total. The maximum atomic E-state index is 10.4. The van der Waals surface area contributed by atoms with Crippen LogP contribution >= 0.6 is 0 Å². The summed E-state index contributed by atoms with van der Waals surface area (Å²) in [6.45, 7) is 0.336. The van der Waals surface area contributed by atoms with Crippen molar-refractivity contribution in [3.63, 3.8) is 0 Å². The maximum Gasteiger partial charge on any atom is 0.357 e. The van der Waals surface area contributed by atoms with Gasteiger partial charge in [0.05, 0.1) is 5.69 Å². The van der Waals surface area contributed by atoms with Gasteiger partial charge in [-0.05, 0) is 0 Å². The second kappa shape index (κ2) is 2.06. The molecule has 0 unspecified atom stereocenters. The van der Waals surface area contributed by atoms with Gasteiger partial charge >= 0.3 is 5.63 Å². The van der Waals surface area contributed by atoms with Crippen LogP contribution in [-0.4, -0.2) is 4.74 Å². The van der Waals surface area contributed by atoms with Crippen molar-refractivity contribution in [3.05, 3.63) is 22.2 Å². The monoisotopic (exact) mass is 128 g/mol. The van der Waals surface area contributed by atoms with Gasteiger partial charge < -0.3 is 10.3 Å². The molecule has 0 aliphatic heterocycles. The van der Waals surface area contributed by atoms with E-state index in [1.54, 1.807) is 7.05 Å². The highest BCUT2D eigenvalue weighted by Gasteiger charge is 1.97. The highest BCUT2D eigenvalue weighted by molar-refractivity contribution is 4.96. The topological polar surface area (TPSA) is 61.2 Å². The van der Waals surface area contributed by atoms with Gasteiger partial charge in [-0.2, -0.15) is 0 Å². The number of rotatable bonds is 1. The lowest BCUT2D eigenvalue weighted by Gasteiger charge is -1.91. The van der Waals surface area contributed by atoms with Gasteiger partial charge in [-0.1, -0.05) is 0 Å². The maximum absolute atomic E-state index is 10.4. The van der Waals surface area contributed by atoms with Crippen molar-refractivity contribution in [2.75, 3.05) is 0 Å². The number of nitrogens with two attached hydrogens (primary N) is 1.